The van der Waals surface area contributed by atoms with E-state index in [9.17, 15) is 14.0 Å². The van der Waals surface area contributed by atoms with Gasteiger partial charge in [0.15, 0.2) is 4.67 Å². The van der Waals surface area contributed by atoms with Crippen molar-refractivity contribution in [3.8, 4) is 0 Å². The molecule has 1 atom stereocenters. The SMILES string of the molecule is CC(NC(=O)NCc1ccc(Br)o1)C(=O)NCCF. The van der Waals surface area contributed by atoms with Gasteiger partial charge in [-0.2, -0.15) is 0 Å². The van der Waals surface area contributed by atoms with Gasteiger partial charge in [0.05, 0.1) is 6.54 Å². The normalized spacial score (nSPS) is 11.7. The molecule has 1 aromatic rings. The minimum absolute atomic E-state index is 0.0626. The molecule has 6 nitrogen and oxygen atoms in total. The molecule has 0 aliphatic rings. The van der Waals surface area contributed by atoms with Crippen LogP contribution in [0.2, 0.25) is 0 Å². The zero-order valence-corrected chi connectivity index (χ0v) is 11.9. The molecule has 0 radical (unpaired) electrons. The van der Waals surface area contributed by atoms with Crippen LogP contribution in [0.5, 0.6) is 0 Å². The second-order valence-electron chi connectivity index (χ2n) is 3.73. The highest BCUT2D eigenvalue weighted by Crippen LogP contribution is 2.13. The number of hydrogen-bond donors (Lipinski definition) is 3. The van der Waals surface area contributed by atoms with Crippen LogP contribution in [-0.2, 0) is 11.3 Å². The fourth-order valence-corrected chi connectivity index (χ4v) is 1.59. The van der Waals surface area contributed by atoms with Gasteiger partial charge in [-0.15, -0.1) is 0 Å². The fourth-order valence-electron chi connectivity index (χ4n) is 1.25. The van der Waals surface area contributed by atoms with Crippen LogP contribution in [0.1, 0.15) is 12.7 Å². The van der Waals surface area contributed by atoms with E-state index in [2.05, 4.69) is 31.9 Å². The van der Waals surface area contributed by atoms with E-state index in [1.807, 2.05) is 0 Å². The summed E-state index contributed by atoms with van der Waals surface area (Å²) in [5.41, 5.74) is 0. The number of hydrogen-bond acceptors (Lipinski definition) is 3. The van der Waals surface area contributed by atoms with Crippen molar-refractivity contribution in [2.45, 2.75) is 19.5 Å². The third-order valence-electron chi connectivity index (χ3n) is 2.19. The van der Waals surface area contributed by atoms with E-state index in [0.29, 0.717) is 10.4 Å². The predicted octanol–water partition coefficient (Wildman–Crippen LogP) is 1.32. The maximum atomic E-state index is 11.9. The van der Waals surface area contributed by atoms with Gasteiger partial charge in [-0.25, -0.2) is 9.18 Å². The maximum Gasteiger partial charge on any atom is 0.315 e. The average molecular weight is 336 g/mol. The molecule has 8 heteroatoms. The summed E-state index contributed by atoms with van der Waals surface area (Å²) in [6.45, 7) is 1.01. The Kier molecular flexibility index (Phi) is 6.34. The zero-order valence-electron chi connectivity index (χ0n) is 10.3. The number of alkyl halides is 1. The van der Waals surface area contributed by atoms with Gasteiger partial charge in [-0.05, 0) is 35.0 Å². The number of nitrogens with one attached hydrogen (secondary N) is 3. The smallest absolute Gasteiger partial charge is 0.315 e. The molecule has 1 aromatic heterocycles. The average Bonchev–Trinajstić information content (AvgIpc) is 2.79. The molecule has 106 valence electrons. The first kappa shape index (κ1) is 15.5. The van der Waals surface area contributed by atoms with E-state index in [1.165, 1.54) is 6.92 Å². The molecule has 0 aromatic carbocycles. The van der Waals surface area contributed by atoms with Crippen LogP contribution in [0.4, 0.5) is 9.18 Å². The molecule has 0 aliphatic heterocycles. The monoisotopic (exact) mass is 335 g/mol. The number of urea groups is 1. The van der Waals surface area contributed by atoms with Gasteiger partial charge in [0.2, 0.25) is 5.91 Å². The number of amides is 3. The molecule has 0 spiro atoms. The predicted molar refractivity (Wildman–Crippen MR) is 70.2 cm³/mol. The molecule has 1 heterocycles. The summed E-state index contributed by atoms with van der Waals surface area (Å²) in [5, 5.41) is 7.30. The van der Waals surface area contributed by atoms with E-state index in [0.717, 1.165) is 0 Å². The Morgan fingerprint density at radius 2 is 2.16 bits per heavy atom. The fraction of sp³-hybridized carbons (Fsp3) is 0.455. The van der Waals surface area contributed by atoms with Crippen LogP contribution in [-0.4, -0.2) is 31.2 Å². The van der Waals surface area contributed by atoms with Crippen LogP contribution in [0.15, 0.2) is 21.2 Å². The van der Waals surface area contributed by atoms with Crippen molar-refractivity contribution in [3.63, 3.8) is 0 Å². The molecule has 0 fully saturated rings. The van der Waals surface area contributed by atoms with Gasteiger partial charge in [-0.3, -0.25) is 4.79 Å². The quantitative estimate of drug-likeness (QED) is 0.733. The van der Waals surface area contributed by atoms with Gasteiger partial charge in [-0.1, -0.05) is 0 Å². The van der Waals surface area contributed by atoms with Crippen molar-refractivity contribution in [1.82, 2.24) is 16.0 Å². The molecular formula is C11H15BrFN3O3. The third-order valence-corrected chi connectivity index (χ3v) is 2.61. The molecule has 1 unspecified atom stereocenters. The Morgan fingerprint density at radius 3 is 2.74 bits per heavy atom. The minimum Gasteiger partial charge on any atom is -0.452 e. The Labute approximate surface area is 118 Å². The molecule has 0 saturated carbocycles. The first-order valence-electron chi connectivity index (χ1n) is 5.65. The lowest BCUT2D eigenvalue weighted by Gasteiger charge is -2.13. The number of furan rings is 1. The second kappa shape index (κ2) is 7.78. The van der Waals surface area contributed by atoms with Gasteiger partial charge in [0, 0.05) is 6.54 Å². The molecule has 0 saturated heterocycles. The topological polar surface area (TPSA) is 83.4 Å². The van der Waals surface area contributed by atoms with Crippen molar-refractivity contribution in [1.29, 1.82) is 0 Å². The molecule has 1 rings (SSSR count). The molecule has 0 aliphatic carbocycles. The van der Waals surface area contributed by atoms with Crippen LogP contribution in [0.3, 0.4) is 0 Å². The van der Waals surface area contributed by atoms with Crippen LogP contribution in [0.25, 0.3) is 0 Å². The number of halogens is 2. The molecule has 0 bridgehead atoms. The van der Waals surface area contributed by atoms with Crippen LogP contribution < -0.4 is 16.0 Å². The summed E-state index contributed by atoms with van der Waals surface area (Å²) in [6, 6.07) is 2.18. The Bertz CT molecular complexity index is 439. The van der Waals surface area contributed by atoms with E-state index in [1.54, 1.807) is 12.1 Å². The molecule has 3 amide bonds. The van der Waals surface area contributed by atoms with Gasteiger partial charge >= 0.3 is 6.03 Å². The standard InChI is InChI=1S/C11H15BrFN3O3/c1-7(10(17)14-5-4-13)16-11(18)15-6-8-2-3-9(12)19-8/h2-3,7H,4-6H2,1H3,(H,14,17)(H2,15,16,18). The number of carbonyl (C=O) groups is 2. The highest BCUT2D eigenvalue weighted by Gasteiger charge is 2.14. The lowest BCUT2D eigenvalue weighted by molar-refractivity contribution is -0.122. The zero-order chi connectivity index (χ0) is 14.3. The first-order chi connectivity index (χ1) is 9.02. The molecular weight excluding hydrogens is 321 g/mol. The van der Waals surface area contributed by atoms with Gasteiger partial charge < -0.3 is 20.4 Å². The number of rotatable bonds is 6. The van der Waals surface area contributed by atoms with Crippen molar-refractivity contribution < 1.29 is 18.4 Å². The van der Waals surface area contributed by atoms with E-state index < -0.39 is 24.7 Å². The second-order valence-corrected chi connectivity index (χ2v) is 4.52. The highest BCUT2D eigenvalue weighted by molar-refractivity contribution is 9.10. The van der Waals surface area contributed by atoms with E-state index in [-0.39, 0.29) is 13.1 Å². The summed E-state index contributed by atoms with van der Waals surface area (Å²) >= 11 is 3.14. The third kappa shape index (κ3) is 5.73. The van der Waals surface area contributed by atoms with Gasteiger partial charge in [0.1, 0.15) is 18.5 Å². The molecule has 19 heavy (non-hydrogen) atoms. The summed E-state index contributed by atoms with van der Waals surface area (Å²) in [5.74, 6) is 0.144. The van der Waals surface area contributed by atoms with E-state index in [4.69, 9.17) is 4.42 Å². The van der Waals surface area contributed by atoms with Crippen molar-refractivity contribution in [2.75, 3.05) is 13.2 Å². The Morgan fingerprint density at radius 1 is 1.42 bits per heavy atom. The summed E-state index contributed by atoms with van der Waals surface area (Å²) in [4.78, 5) is 22.9. The summed E-state index contributed by atoms with van der Waals surface area (Å²) in [7, 11) is 0. The number of carbonyl (C=O) groups excluding carboxylic acids is 2. The van der Waals surface area contributed by atoms with E-state index >= 15 is 0 Å². The Balaban J connectivity index is 2.28. The molecule has 3 N–H and O–H groups in total. The lowest BCUT2D eigenvalue weighted by atomic mass is 10.3. The Hall–Kier alpha value is -1.57. The van der Waals surface area contributed by atoms with Crippen molar-refractivity contribution in [2.24, 2.45) is 0 Å². The minimum atomic E-state index is -0.741. The maximum absolute atomic E-state index is 11.9. The van der Waals surface area contributed by atoms with Crippen LogP contribution >= 0.6 is 15.9 Å². The summed E-state index contributed by atoms with van der Waals surface area (Å²) in [6.07, 6.45) is 0. The largest absolute Gasteiger partial charge is 0.452 e. The van der Waals surface area contributed by atoms with Gasteiger partial charge in [0.25, 0.3) is 0 Å². The van der Waals surface area contributed by atoms with Crippen molar-refractivity contribution >= 4 is 27.9 Å². The highest BCUT2D eigenvalue weighted by atomic mass is 79.9. The van der Waals surface area contributed by atoms with Crippen molar-refractivity contribution in [3.05, 3.63) is 22.6 Å². The van der Waals surface area contributed by atoms with Crippen LogP contribution in [0, 0.1) is 0 Å². The first-order valence-corrected chi connectivity index (χ1v) is 6.44. The lowest BCUT2D eigenvalue weighted by Crippen LogP contribution is -2.48. The summed E-state index contributed by atoms with van der Waals surface area (Å²) < 4.78 is 17.6.